The van der Waals surface area contributed by atoms with Gasteiger partial charge in [0, 0.05) is 19.7 Å². The molecule has 8 heteroatoms. The van der Waals surface area contributed by atoms with E-state index in [0.29, 0.717) is 6.61 Å². The maximum atomic E-state index is 13.4. The zero-order chi connectivity index (χ0) is 16.6. The fraction of sp³-hybridized carbons (Fsp3) is 0.571. The second-order valence-electron chi connectivity index (χ2n) is 4.74. The first kappa shape index (κ1) is 18.8. The van der Waals surface area contributed by atoms with E-state index in [1.165, 1.54) is 13.2 Å². The summed E-state index contributed by atoms with van der Waals surface area (Å²) in [5.74, 6) is -0.541. The van der Waals surface area contributed by atoms with Gasteiger partial charge in [0.1, 0.15) is 23.1 Å². The summed E-state index contributed by atoms with van der Waals surface area (Å²) in [6, 6.07) is 3.36. The molecule has 0 radical (unpaired) electrons. The molecule has 0 bridgehead atoms. The molecular formula is C14H23FN2O4S. The molecule has 0 saturated carbocycles. The fourth-order valence-electron chi connectivity index (χ4n) is 1.78. The van der Waals surface area contributed by atoms with Gasteiger partial charge < -0.3 is 14.8 Å². The first-order valence-electron chi connectivity index (χ1n) is 7.05. The van der Waals surface area contributed by atoms with Crippen LogP contribution in [0.2, 0.25) is 0 Å². The molecule has 0 aromatic heterocycles. The summed E-state index contributed by atoms with van der Waals surface area (Å²) in [5.41, 5.74) is 0. The van der Waals surface area contributed by atoms with E-state index in [0.717, 1.165) is 18.7 Å². The lowest BCUT2D eigenvalue weighted by Gasteiger charge is -2.16. The third-order valence-electron chi connectivity index (χ3n) is 2.87. The third-order valence-corrected chi connectivity index (χ3v) is 4.32. The highest BCUT2D eigenvalue weighted by Gasteiger charge is 2.21. The van der Waals surface area contributed by atoms with Crippen molar-refractivity contribution in [2.24, 2.45) is 0 Å². The van der Waals surface area contributed by atoms with Crippen LogP contribution < -0.4 is 14.8 Å². The molecule has 22 heavy (non-hydrogen) atoms. The van der Waals surface area contributed by atoms with Crippen molar-refractivity contribution in [3.05, 3.63) is 24.0 Å². The normalized spacial score (nSPS) is 13.1. The van der Waals surface area contributed by atoms with E-state index in [9.17, 15) is 12.8 Å². The van der Waals surface area contributed by atoms with Gasteiger partial charge in [-0.15, -0.1) is 0 Å². The SMILES string of the molecule is CCN[C@H](C)CNS(=O)(=O)c1cc(F)ccc1OCCOC. The molecule has 1 aromatic carbocycles. The van der Waals surface area contributed by atoms with Crippen LogP contribution >= 0.6 is 0 Å². The Labute approximate surface area is 131 Å². The Morgan fingerprint density at radius 3 is 2.68 bits per heavy atom. The summed E-state index contributed by atoms with van der Waals surface area (Å²) in [4.78, 5) is -0.215. The number of nitrogens with one attached hydrogen (secondary N) is 2. The van der Waals surface area contributed by atoms with E-state index in [-0.39, 0.29) is 29.8 Å². The number of halogens is 1. The van der Waals surface area contributed by atoms with Gasteiger partial charge in [0.15, 0.2) is 0 Å². The lowest BCUT2D eigenvalue weighted by atomic mass is 10.3. The highest BCUT2D eigenvalue weighted by atomic mass is 32.2. The molecule has 0 aliphatic carbocycles. The highest BCUT2D eigenvalue weighted by molar-refractivity contribution is 7.89. The average Bonchev–Trinajstić information content (AvgIpc) is 2.47. The average molecular weight is 334 g/mol. The Morgan fingerprint density at radius 1 is 1.32 bits per heavy atom. The minimum atomic E-state index is -3.86. The van der Waals surface area contributed by atoms with Crippen molar-refractivity contribution < 1.29 is 22.3 Å². The van der Waals surface area contributed by atoms with Crippen LogP contribution in [0.3, 0.4) is 0 Å². The predicted molar refractivity (Wildman–Crippen MR) is 82.1 cm³/mol. The molecule has 6 nitrogen and oxygen atoms in total. The molecule has 0 saturated heterocycles. The van der Waals surface area contributed by atoms with Crippen LogP contribution in [-0.2, 0) is 14.8 Å². The molecule has 1 rings (SSSR count). The third kappa shape index (κ3) is 5.88. The summed E-state index contributed by atoms with van der Waals surface area (Å²) < 4.78 is 50.7. The number of ether oxygens (including phenoxy) is 2. The van der Waals surface area contributed by atoms with Crippen molar-refractivity contribution in [3.63, 3.8) is 0 Å². The van der Waals surface area contributed by atoms with Crippen LogP contribution in [0.5, 0.6) is 5.75 Å². The Bertz CT molecular complexity index is 566. The van der Waals surface area contributed by atoms with Gasteiger partial charge in [0.05, 0.1) is 6.61 Å². The van der Waals surface area contributed by atoms with Crippen LogP contribution in [0.15, 0.2) is 23.1 Å². The van der Waals surface area contributed by atoms with Gasteiger partial charge in [-0.05, 0) is 31.7 Å². The number of sulfonamides is 1. The molecule has 0 unspecified atom stereocenters. The fourth-order valence-corrected chi connectivity index (χ4v) is 3.06. The van der Waals surface area contributed by atoms with E-state index in [4.69, 9.17) is 9.47 Å². The zero-order valence-corrected chi connectivity index (χ0v) is 13.9. The highest BCUT2D eigenvalue weighted by Crippen LogP contribution is 2.24. The minimum absolute atomic E-state index is 0.0359. The van der Waals surface area contributed by atoms with Crippen LogP contribution in [0.4, 0.5) is 4.39 Å². The van der Waals surface area contributed by atoms with Crippen LogP contribution in [-0.4, -0.2) is 47.9 Å². The zero-order valence-electron chi connectivity index (χ0n) is 13.1. The maximum absolute atomic E-state index is 13.4. The molecular weight excluding hydrogens is 311 g/mol. The number of hydrogen-bond donors (Lipinski definition) is 2. The van der Waals surface area contributed by atoms with Gasteiger partial charge in [0.25, 0.3) is 0 Å². The van der Waals surface area contributed by atoms with E-state index < -0.39 is 15.8 Å². The van der Waals surface area contributed by atoms with E-state index in [1.54, 1.807) is 0 Å². The Hall–Kier alpha value is -1.22. The summed E-state index contributed by atoms with van der Waals surface area (Å²) in [6.07, 6.45) is 0. The molecule has 1 aromatic rings. The van der Waals surface area contributed by atoms with Crippen molar-refractivity contribution in [1.82, 2.24) is 10.0 Å². The lowest BCUT2D eigenvalue weighted by molar-refractivity contribution is 0.144. The van der Waals surface area contributed by atoms with Crippen LogP contribution in [0.25, 0.3) is 0 Å². The van der Waals surface area contributed by atoms with Crippen molar-refractivity contribution in [2.45, 2.75) is 24.8 Å². The number of methoxy groups -OCH3 is 1. The standard InChI is InChI=1S/C14H23FN2O4S/c1-4-16-11(2)10-17-22(18,19)14-9-12(15)5-6-13(14)21-8-7-20-3/h5-6,9,11,16-17H,4,7-8,10H2,1-3H3/t11-/m1/s1. The molecule has 0 aliphatic heterocycles. The molecule has 0 amide bonds. The summed E-state index contributed by atoms with van der Waals surface area (Å²) in [7, 11) is -2.35. The van der Waals surface area contributed by atoms with E-state index in [1.807, 2.05) is 13.8 Å². The molecule has 1 atom stereocenters. The Balaban J connectivity index is 2.89. The monoisotopic (exact) mass is 334 g/mol. The van der Waals surface area contributed by atoms with Gasteiger partial charge in [0.2, 0.25) is 10.0 Å². The number of hydrogen-bond acceptors (Lipinski definition) is 5. The maximum Gasteiger partial charge on any atom is 0.244 e. The van der Waals surface area contributed by atoms with Crippen LogP contribution in [0, 0.1) is 5.82 Å². The topological polar surface area (TPSA) is 76.7 Å². The van der Waals surface area contributed by atoms with Crippen molar-refractivity contribution in [2.75, 3.05) is 33.4 Å². The van der Waals surface area contributed by atoms with Gasteiger partial charge >= 0.3 is 0 Å². The van der Waals surface area contributed by atoms with Crippen LogP contribution in [0.1, 0.15) is 13.8 Å². The molecule has 2 N–H and O–H groups in total. The number of likely N-dealkylation sites (N-methyl/N-ethyl adjacent to an activating group) is 1. The van der Waals surface area contributed by atoms with Gasteiger partial charge in [-0.3, -0.25) is 0 Å². The van der Waals surface area contributed by atoms with Crippen molar-refractivity contribution in [3.8, 4) is 5.75 Å². The second kappa shape index (κ2) is 9.04. The first-order valence-corrected chi connectivity index (χ1v) is 8.53. The van der Waals surface area contributed by atoms with Gasteiger partial charge in [-0.25, -0.2) is 17.5 Å². The first-order chi connectivity index (χ1) is 10.4. The van der Waals surface area contributed by atoms with E-state index in [2.05, 4.69) is 10.0 Å². The quantitative estimate of drug-likeness (QED) is 0.627. The van der Waals surface area contributed by atoms with Gasteiger partial charge in [-0.2, -0.15) is 0 Å². The smallest absolute Gasteiger partial charge is 0.244 e. The molecule has 0 spiro atoms. The Kier molecular flexibility index (Phi) is 7.74. The molecule has 0 heterocycles. The van der Waals surface area contributed by atoms with E-state index >= 15 is 0 Å². The molecule has 0 fully saturated rings. The van der Waals surface area contributed by atoms with Gasteiger partial charge in [-0.1, -0.05) is 6.92 Å². The van der Waals surface area contributed by atoms with Crippen molar-refractivity contribution >= 4 is 10.0 Å². The second-order valence-corrected chi connectivity index (χ2v) is 6.48. The summed E-state index contributed by atoms with van der Waals surface area (Å²) >= 11 is 0. The summed E-state index contributed by atoms with van der Waals surface area (Å²) in [6.45, 7) is 5.20. The number of rotatable bonds is 10. The largest absolute Gasteiger partial charge is 0.490 e. The number of benzene rings is 1. The predicted octanol–water partition coefficient (Wildman–Crippen LogP) is 1.13. The Morgan fingerprint density at radius 2 is 2.05 bits per heavy atom. The molecule has 0 aliphatic rings. The summed E-state index contributed by atoms with van der Waals surface area (Å²) in [5, 5.41) is 3.09. The molecule has 126 valence electrons. The minimum Gasteiger partial charge on any atom is -0.490 e. The lowest BCUT2D eigenvalue weighted by Crippen LogP contribution is -2.38. The van der Waals surface area contributed by atoms with Crippen molar-refractivity contribution in [1.29, 1.82) is 0 Å².